The number of hydrogen-bond acceptors (Lipinski definition) is 6. The number of hydrogen-bond donors (Lipinski definition) is 2. The molecule has 2 aromatic rings. The topological polar surface area (TPSA) is 105 Å². The van der Waals surface area contributed by atoms with Gasteiger partial charge in [-0.05, 0) is 44.4 Å². The zero-order valence-corrected chi connectivity index (χ0v) is 19.5. The van der Waals surface area contributed by atoms with E-state index in [4.69, 9.17) is 4.74 Å². The van der Waals surface area contributed by atoms with Gasteiger partial charge in [-0.3, -0.25) is 9.59 Å². The van der Waals surface area contributed by atoms with Crippen LogP contribution in [0, 0.1) is 0 Å². The molecule has 2 amide bonds. The predicted molar refractivity (Wildman–Crippen MR) is 115 cm³/mol. The van der Waals surface area contributed by atoms with Gasteiger partial charge in [0.1, 0.15) is 0 Å². The third-order valence-electron chi connectivity index (χ3n) is 5.01. The van der Waals surface area contributed by atoms with Gasteiger partial charge in [-0.25, -0.2) is 4.72 Å². The summed E-state index contributed by atoms with van der Waals surface area (Å²) in [6.07, 6.45) is -4.76. The van der Waals surface area contributed by atoms with Crippen molar-refractivity contribution in [3.05, 3.63) is 57.8 Å². The maximum absolute atomic E-state index is 13.3. The van der Waals surface area contributed by atoms with Gasteiger partial charge in [-0.15, -0.1) is 0 Å². The van der Waals surface area contributed by atoms with Crippen LogP contribution >= 0.6 is 11.3 Å². The van der Waals surface area contributed by atoms with E-state index in [1.165, 1.54) is 35.8 Å². The predicted octanol–water partition coefficient (Wildman–Crippen LogP) is 3.00. The van der Waals surface area contributed by atoms with Crippen LogP contribution < -0.4 is 10.0 Å². The standard InChI is InChI=1S/C20H22F3N3O5S2/c1-18(2)12-31-19(3,24-17(28)14-6-4-5-7-15(14)20(21,22)23)11-26(18)33(29,30)25-16(27)13-8-9-32-10-13/h4-10H,11-12H2,1-3H3,(H,24,28)(H,25,27). The first-order valence-electron chi connectivity index (χ1n) is 9.64. The molecule has 1 saturated heterocycles. The molecule has 13 heteroatoms. The Morgan fingerprint density at radius 1 is 1.12 bits per heavy atom. The van der Waals surface area contributed by atoms with Gasteiger partial charge in [0.25, 0.3) is 11.8 Å². The van der Waals surface area contributed by atoms with E-state index in [1.807, 2.05) is 4.72 Å². The molecular weight excluding hydrogens is 483 g/mol. The van der Waals surface area contributed by atoms with Gasteiger partial charge in [0.15, 0.2) is 5.72 Å². The molecule has 1 fully saturated rings. The van der Waals surface area contributed by atoms with Gasteiger partial charge in [-0.1, -0.05) is 12.1 Å². The van der Waals surface area contributed by atoms with Gasteiger partial charge < -0.3 is 10.1 Å². The van der Waals surface area contributed by atoms with E-state index in [-0.39, 0.29) is 12.2 Å². The number of morpholine rings is 1. The number of ether oxygens (including phenoxy) is 1. The summed E-state index contributed by atoms with van der Waals surface area (Å²) in [6, 6.07) is 5.70. The lowest BCUT2D eigenvalue weighted by Gasteiger charge is -2.48. The molecule has 8 nitrogen and oxygen atoms in total. The zero-order chi connectivity index (χ0) is 24.7. The molecule has 33 heavy (non-hydrogen) atoms. The van der Waals surface area contributed by atoms with Gasteiger partial charge in [0.2, 0.25) is 0 Å². The van der Waals surface area contributed by atoms with Crippen LogP contribution in [0.1, 0.15) is 47.1 Å². The summed E-state index contributed by atoms with van der Waals surface area (Å²) in [5.74, 6) is -1.91. The molecule has 0 bridgehead atoms. The molecule has 0 aliphatic carbocycles. The maximum Gasteiger partial charge on any atom is 0.417 e. The van der Waals surface area contributed by atoms with Crippen molar-refractivity contribution in [2.75, 3.05) is 13.2 Å². The third-order valence-corrected chi connectivity index (χ3v) is 7.34. The van der Waals surface area contributed by atoms with E-state index in [1.54, 1.807) is 19.2 Å². The molecular formula is C20H22F3N3O5S2. The van der Waals surface area contributed by atoms with Crippen LogP contribution in [-0.2, 0) is 21.1 Å². The van der Waals surface area contributed by atoms with Crippen LogP contribution in [0.15, 0.2) is 41.1 Å². The van der Waals surface area contributed by atoms with Crippen molar-refractivity contribution in [3.8, 4) is 0 Å². The van der Waals surface area contributed by atoms with E-state index >= 15 is 0 Å². The molecule has 0 radical (unpaired) electrons. The lowest BCUT2D eigenvalue weighted by Crippen LogP contribution is -2.68. The molecule has 180 valence electrons. The monoisotopic (exact) mass is 505 g/mol. The molecule has 0 saturated carbocycles. The highest BCUT2D eigenvalue weighted by Gasteiger charge is 2.48. The van der Waals surface area contributed by atoms with Crippen LogP contribution in [0.4, 0.5) is 13.2 Å². The minimum Gasteiger partial charge on any atom is -0.353 e. The van der Waals surface area contributed by atoms with Crippen molar-refractivity contribution < 1.29 is 35.9 Å². The molecule has 1 unspecified atom stereocenters. The van der Waals surface area contributed by atoms with Gasteiger partial charge in [0.05, 0.1) is 35.4 Å². The maximum atomic E-state index is 13.3. The second-order valence-corrected chi connectivity index (χ2v) is 10.7. The van der Waals surface area contributed by atoms with Crippen molar-refractivity contribution >= 4 is 33.4 Å². The Balaban J connectivity index is 1.84. The van der Waals surface area contributed by atoms with Crippen molar-refractivity contribution in [2.24, 2.45) is 0 Å². The Hall–Kier alpha value is -2.48. The first-order valence-corrected chi connectivity index (χ1v) is 12.0. The van der Waals surface area contributed by atoms with Gasteiger partial charge in [-0.2, -0.15) is 37.2 Å². The lowest BCUT2D eigenvalue weighted by atomic mass is 10.0. The molecule has 1 aliphatic heterocycles. The van der Waals surface area contributed by atoms with Crippen molar-refractivity contribution in [1.82, 2.24) is 14.3 Å². The lowest BCUT2D eigenvalue weighted by molar-refractivity contribution is -0.139. The summed E-state index contributed by atoms with van der Waals surface area (Å²) in [6.45, 7) is 3.81. The van der Waals surface area contributed by atoms with Crippen LogP contribution in [-0.4, -0.2) is 49.0 Å². The number of carbonyl (C=O) groups excluding carboxylic acids is 2. The SMILES string of the molecule is CC1(NC(=O)c2ccccc2C(F)(F)F)CN(S(=O)(=O)NC(=O)c2ccsc2)C(C)(C)CO1. The summed E-state index contributed by atoms with van der Waals surface area (Å²) in [5, 5.41) is 5.47. The van der Waals surface area contributed by atoms with Crippen molar-refractivity contribution in [1.29, 1.82) is 0 Å². The van der Waals surface area contributed by atoms with Gasteiger partial charge >= 0.3 is 16.4 Å². The number of halogens is 3. The quantitative estimate of drug-likeness (QED) is 0.650. The first-order chi connectivity index (χ1) is 15.1. The van der Waals surface area contributed by atoms with E-state index in [0.717, 1.165) is 22.5 Å². The number of carbonyl (C=O) groups is 2. The number of thiophene rings is 1. The molecule has 1 aromatic heterocycles. The number of benzene rings is 1. The molecule has 3 rings (SSSR count). The van der Waals surface area contributed by atoms with Crippen LogP contribution in [0.3, 0.4) is 0 Å². The van der Waals surface area contributed by atoms with E-state index in [9.17, 15) is 31.2 Å². The number of rotatable bonds is 5. The fraction of sp³-hybridized carbons (Fsp3) is 0.400. The normalized spacial score (nSPS) is 21.4. The summed E-state index contributed by atoms with van der Waals surface area (Å²) in [5.41, 5.74) is -4.37. The molecule has 2 heterocycles. The minimum absolute atomic E-state index is 0.162. The Labute approximate surface area is 192 Å². The Kier molecular flexibility index (Phi) is 6.63. The first kappa shape index (κ1) is 25.1. The van der Waals surface area contributed by atoms with E-state index in [0.29, 0.717) is 0 Å². The van der Waals surface area contributed by atoms with Crippen LogP contribution in [0.5, 0.6) is 0 Å². The average Bonchev–Trinajstić information content (AvgIpc) is 3.24. The Morgan fingerprint density at radius 3 is 2.39 bits per heavy atom. The smallest absolute Gasteiger partial charge is 0.353 e. The largest absolute Gasteiger partial charge is 0.417 e. The second kappa shape index (κ2) is 8.70. The zero-order valence-electron chi connectivity index (χ0n) is 17.9. The number of nitrogens with zero attached hydrogens (tertiary/aromatic N) is 1. The highest BCUT2D eigenvalue weighted by molar-refractivity contribution is 7.87. The Morgan fingerprint density at radius 2 is 1.79 bits per heavy atom. The van der Waals surface area contributed by atoms with Crippen LogP contribution in [0.2, 0.25) is 0 Å². The molecule has 2 N–H and O–H groups in total. The fourth-order valence-corrected chi connectivity index (χ4v) is 5.51. The fourth-order valence-electron chi connectivity index (χ4n) is 3.29. The van der Waals surface area contributed by atoms with Crippen molar-refractivity contribution in [2.45, 2.75) is 38.2 Å². The minimum atomic E-state index is -4.76. The second-order valence-electron chi connectivity index (χ2n) is 8.28. The molecule has 0 spiro atoms. The Bertz CT molecular complexity index is 1150. The molecule has 1 aromatic carbocycles. The molecule has 1 atom stereocenters. The van der Waals surface area contributed by atoms with E-state index in [2.05, 4.69) is 5.32 Å². The highest BCUT2D eigenvalue weighted by atomic mass is 32.2. The highest BCUT2D eigenvalue weighted by Crippen LogP contribution is 2.33. The van der Waals surface area contributed by atoms with E-state index < -0.39 is 57.1 Å². The average molecular weight is 506 g/mol. The van der Waals surface area contributed by atoms with Crippen molar-refractivity contribution in [3.63, 3.8) is 0 Å². The summed E-state index contributed by atoms with van der Waals surface area (Å²) >= 11 is 1.22. The third kappa shape index (κ3) is 5.54. The summed E-state index contributed by atoms with van der Waals surface area (Å²) < 4.78 is 74.5. The summed E-state index contributed by atoms with van der Waals surface area (Å²) in [4.78, 5) is 25.0. The summed E-state index contributed by atoms with van der Waals surface area (Å²) in [7, 11) is -4.39. The van der Waals surface area contributed by atoms with Gasteiger partial charge in [0, 0.05) is 5.38 Å². The number of alkyl halides is 3. The number of nitrogens with one attached hydrogen (secondary N) is 2. The van der Waals surface area contributed by atoms with Crippen LogP contribution in [0.25, 0.3) is 0 Å². The molecule has 1 aliphatic rings. The number of amides is 2.